The third kappa shape index (κ3) is 2.15. The molecular weight excluding hydrogens is 386 g/mol. The van der Waals surface area contributed by atoms with Gasteiger partial charge in [0, 0.05) is 46.8 Å². The number of likely N-dealkylation sites (tertiary alicyclic amines) is 1. The molecule has 0 aromatic rings. The normalized spacial score (nSPS) is 49.6. The second-order valence-corrected chi connectivity index (χ2v) is 12.1. The number of allylic oxidation sites excluding steroid dienone is 2. The van der Waals surface area contributed by atoms with Crippen molar-refractivity contribution in [2.45, 2.75) is 63.0 Å². The van der Waals surface area contributed by atoms with Gasteiger partial charge in [0.1, 0.15) is 11.0 Å². The fraction of sp³-hybridized carbons (Fsp3) is 0.783. The van der Waals surface area contributed by atoms with E-state index in [-0.39, 0.29) is 29.1 Å². The molecule has 0 aromatic carbocycles. The molecule has 1 amide bonds. The van der Waals surface area contributed by atoms with Crippen molar-refractivity contribution in [1.29, 1.82) is 0 Å². The Kier molecular flexibility index (Phi) is 4.22. The standard InChI is InChI=1S/C23H31NO4S/c1-4-5-10-24-19(26)18-14-6-7-16(11-14)23(18,20(24)27)29(28)13-22-9-8-15(12-17(22)25)21(22,2)3/h1,6-7,14-19,25-26H,5,8-13H2,2-3H3/t14-,15-,16+,17-,18+,19+,22-,23-,29-/m1/s1. The van der Waals surface area contributed by atoms with E-state index in [1.807, 2.05) is 6.08 Å². The van der Waals surface area contributed by atoms with Crippen LogP contribution in [-0.2, 0) is 15.6 Å². The molecular formula is C23H31NO4S. The number of aliphatic hydroxyl groups excluding tert-OH is 2. The van der Waals surface area contributed by atoms with Gasteiger partial charge in [-0.3, -0.25) is 9.00 Å². The Morgan fingerprint density at radius 2 is 2.07 bits per heavy atom. The maximum atomic E-state index is 14.2. The van der Waals surface area contributed by atoms with Gasteiger partial charge < -0.3 is 15.1 Å². The van der Waals surface area contributed by atoms with E-state index in [1.54, 1.807) is 0 Å². The fourth-order valence-corrected chi connectivity index (χ4v) is 10.6. The van der Waals surface area contributed by atoms with Crippen LogP contribution in [0.5, 0.6) is 0 Å². The number of rotatable bonds is 5. The molecule has 4 bridgehead atoms. The molecule has 1 aliphatic heterocycles. The lowest BCUT2D eigenvalue weighted by Crippen LogP contribution is -2.55. The molecule has 158 valence electrons. The molecule has 4 aliphatic carbocycles. The van der Waals surface area contributed by atoms with Gasteiger partial charge in [-0.25, -0.2) is 0 Å². The van der Waals surface area contributed by atoms with E-state index in [4.69, 9.17) is 6.42 Å². The van der Waals surface area contributed by atoms with Crippen LogP contribution in [0.25, 0.3) is 0 Å². The van der Waals surface area contributed by atoms with Crippen molar-refractivity contribution in [3.8, 4) is 12.3 Å². The summed E-state index contributed by atoms with van der Waals surface area (Å²) >= 11 is 0. The molecule has 29 heavy (non-hydrogen) atoms. The largest absolute Gasteiger partial charge is 0.392 e. The van der Waals surface area contributed by atoms with E-state index in [0.29, 0.717) is 24.6 Å². The quantitative estimate of drug-likeness (QED) is 0.527. The number of amides is 1. The third-order valence-corrected chi connectivity index (χ3v) is 11.8. The van der Waals surface area contributed by atoms with Gasteiger partial charge in [-0.15, -0.1) is 12.3 Å². The summed E-state index contributed by atoms with van der Waals surface area (Å²) in [4.78, 5) is 15.2. The van der Waals surface area contributed by atoms with Crippen molar-refractivity contribution in [3.63, 3.8) is 0 Å². The van der Waals surface area contributed by atoms with Gasteiger partial charge in [0.05, 0.1) is 6.10 Å². The van der Waals surface area contributed by atoms with Crippen LogP contribution in [0.4, 0.5) is 0 Å². The average molecular weight is 418 g/mol. The second kappa shape index (κ2) is 6.18. The van der Waals surface area contributed by atoms with E-state index in [0.717, 1.165) is 25.7 Å². The molecule has 1 heterocycles. The monoisotopic (exact) mass is 417 g/mol. The van der Waals surface area contributed by atoms with Crippen LogP contribution in [0.3, 0.4) is 0 Å². The Morgan fingerprint density at radius 3 is 2.69 bits per heavy atom. The number of terminal acetylenes is 1. The topological polar surface area (TPSA) is 77.8 Å². The highest BCUT2D eigenvalue weighted by molar-refractivity contribution is 7.87. The van der Waals surface area contributed by atoms with Gasteiger partial charge >= 0.3 is 0 Å². The summed E-state index contributed by atoms with van der Waals surface area (Å²) in [6.45, 7) is 4.68. The van der Waals surface area contributed by atoms with Gasteiger partial charge in [-0.1, -0.05) is 26.0 Å². The lowest BCUT2D eigenvalue weighted by Gasteiger charge is -2.43. The fourth-order valence-electron chi connectivity index (χ4n) is 7.73. The van der Waals surface area contributed by atoms with Crippen LogP contribution in [0.1, 0.15) is 46.0 Å². The first-order valence-corrected chi connectivity index (χ1v) is 12.2. The molecule has 3 saturated carbocycles. The van der Waals surface area contributed by atoms with Crippen molar-refractivity contribution >= 4 is 16.7 Å². The van der Waals surface area contributed by atoms with Gasteiger partial charge in [-0.2, -0.15) is 0 Å². The van der Waals surface area contributed by atoms with Crippen molar-refractivity contribution in [1.82, 2.24) is 4.90 Å². The summed E-state index contributed by atoms with van der Waals surface area (Å²) in [5, 5.41) is 22.0. The second-order valence-electron chi connectivity index (χ2n) is 10.4. The zero-order valence-electron chi connectivity index (χ0n) is 17.2. The molecule has 5 rings (SSSR count). The summed E-state index contributed by atoms with van der Waals surface area (Å²) in [5.74, 6) is 2.76. The van der Waals surface area contributed by atoms with E-state index in [1.165, 1.54) is 4.90 Å². The van der Waals surface area contributed by atoms with Gasteiger partial charge in [-0.05, 0) is 42.9 Å². The summed E-state index contributed by atoms with van der Waals surface area (Å²) in [5.41, 5.74) is -0.504. The minimum absolute atomic E-state index is 0.0778. The number of nitrogens with zero attached hydrogens (tertiary/aromatic N) is 1. The zero-order chi connectivity index (χ0) is 20.8. The smallest absolute Gasteiger partial charge is 0.244 e. The lowest BCUT2D eigenvalue weighted by atomic mass is 9.70. The first-order chi connectivity index (χ1) is 13.7. The number of carbonyl (C=O) groups excluding carboxylic acids is 1. The van der Waals surface area contributed by atoms with Gasteiger partial charge in [0.25, 0.3) is 0 Å². The Morgan fingerprint density at radius 1 is 1.31 bits per heavy atom. The summed E-state index contributed by atoms with van der Waals surface area (Å²) in [6, 6.07) is 0. The SMILES string of the molecule is C#CCCN1C(=O)[C@]2([S@](=O)C[C@]34CC[C@H](C[C@H]3O)C4(C)C)[C@@H]([C@@H]3C=C[C@H]2C3)[C@@H]1O. The number of hydrogen-bond donors (Lipinski definition) is 2. The van der Waals surface area contributed by atoms with Crippen LogP contribution in [0.2, 0.25) is 0 Å². The Labute approximate surface area is 175 Å². The molecule has 6 heteroatoms. The highest BCUT2D eigenvalue weighted by atomic mass is 32.2. The predicted molar refractivity (Wildman–Crippen MR) is 111 cm³/mol. The number of fused-ring (bicyclic) bond motifs is 7. The summed E-state index contributed by atoms with van der Waals surface area (Å²) < 4.78 is 13.1. The van der Waals surface area contributed by atoms with E-state index >= 15 is 0 Å². The van der Waals surface area contributed by atoms with Crippen molar-refractivity contribution in [2.75, 3.05) is 12.3 Å². The number of carbonyl (C=O) groups is 1. The zero-order valence-corrected chi connectivity index (χ0v) is 18.0. The predicted octanol–water partition coefficient (Wildman–Crippen LogP) is 1.67. The lowest BCUT2D eigenvalue weighted by molar-refractivity contribution is -0.135. The van der Waals surface area contributed by atoms with E-state index in [2.05, 4.69) is 25.8 Å². The van der Waals surface area contributed by atoms with Crippen LogP contribution >= 0.6 is 0 Å². The van der Waals surface area contributed by atoms with Crippen LogP contribution < -0.4 is 0 Å². The van der Waals surface area contributed by atoms with E-state index < -0.39 is 33.3 Å². The highest BCUT2D eigenvalue weighted by Crippen LogP contribution is 2.67. The minimum Gasteiger partial charge on any atom is -0.392 e. The molecule has 5 nitrogen and oxygen atoms in total. The summed E-state index contributed by atoms with van der Waals surface area (Å²) in [7, 11) is -1.48. The van der Waals surface area contributed by atoms with Gasteiger partial charge in [0.2, 0.25) is 5.91 Å². The molecule has 0 unspecified atom stereocenters. The molecule has 0 aromatic heterocycles. The molecule has 2 N–H and O–H groups in total. The third-order valence-electron chi connectivity index (χ3n) is 9.51. The minimum atomic E-state index is -1.48. The molecule has 9 atom stereocenters. The van der Waals surface area contributed by atoms with Crippen molar-refractivity contribution in [3.05, 3.63) is 12.2 Å². The molecule has 4 fully saturated rings. The molecule has 1 saturated heterocycles. The number of aliphatic hydroxyl groups is 2. The van der Waals surface area contributed by atoms with Gasteiger partial charge in [0.15, 0.2) is 0 Å². The van der Waals surface area contributed by atoms with Crippen LogP contribution in [-0.4, -0.2) is 54.6 Å². The average Bonchev–Trinajstić information content (AvgIpc) is 3.41. The molecule has 5 aliphatic rings. The van der Waals surface area contributed by atoms with Crippen LogP contribution in [0.15, 0.2) is 12.2 Å². The van der Waals surface area contributed by atoms with Crippen LogP contribution in [0, 0.1) is 46.8 Å². The van der Waals surface area contributed by atoms with E-state index in [9.17, 15) is 19.2 Å². The maximum absolute atomic E-state index is 14.2. The first-order valence-electron chi connectivity index (χ1n) is 10.9. The van der Waals surface area contributed by atoms with Crippen molar-refractivity contribution in [2.24, 2.45) is 34.5 Å². The maximum Gasteiger partial charge on any atom is 0.244 e. The molecule has 0 radical (unpaired) electrons. The summed E-state index contributed by atoms with van der Waals surface area (Å²) in [6.07, 6.45) is 11.9. The Balaban J connectivity index is 1.53. The Bertz CT molecular complexity index is 846. The number of hydrogen-bond acceptors (Lipinski definition) is 4. The van der Waals surface area contributed by atoms with Crippen molar-refractivity contribution < 1.29 is 19.2 Å². The highest BCUT2D eigenvalue weighted by Gasteiger charge is 2.74. The Hall–Kier alpha value is -1.16. The first kappa shape index (κ1) is 19.8. The molecule has 0 spiro atoms.